The van der Waals surface area contributed by atoms with Crippen molar-refractivity contribution in [2.24, 2.45) is 0 Å². The summed E-state index contributed by atoms with van der Waals surface area (Å²) < 4.78 is 28.1. The Morgan fingerprint density at radius 3 is 2.11 bits per heavy atom. The first kappa shape index (κ1) is 18.7. The third-order valence-corrected chi connectivity index (χ3v) is 4.13. The number of anilines is 1. The molecule has 0 saturated heterocycles. The van der Waals surface area contributed by atoms with Gasteiger partial charge < -0.3 is 0 Å². The summed E-state index contributed by atoms with van der Waals surface area (Å²) in [6, 6.07) is 12.9. The van der Waals surface area contributed by atoms with Gasteiger partial charge in [-0.05, 0) is 42.0 Å². The molecule has 5 nitrogen and oxygen atoms in total. The zero-order chi connectivity index (χ0) is 19.4. The van der Waals surface area contributed by atoms with Gasteiger partial charge in [0.15, 0.2) is 0 Å². The minimum absolute atomic E-state index is 0.176. The summed E-state index contributed by atoms with van der Waals surface area (Å²) in [5, 5.41) is 4.20. The van der Waals surface area contributed by atoms with Crippen molar-refractivity contribution in [2.75, 3.05) is 5.32 Å². The topological polar surface area (TPSA) is 71.1 Å². The molecule has 2 aromatic carbocycles. The lowest BCUT2D eigenvalue weighted by molar-refractivity contribution is 0.0959. The van der Waals surface area contributed by atoms with Gasteiger partial charge in [0.2, 0.25) is 0 Å². The molecule has 27 heavy (non-hydrogen) atoms. The van der Waals surface area contributed by atoms with Crippen LogP contribution < -0.4 is 10.6 Å². The maximum absolute atomic E-state index is 13.6. The molecule has 0 aliphatic carbocycles. The monoisotopic (exact) mass is 431 g/mol. The fraction of sp³-hybridized carbons (Fsp3) is 0. The highest BCUT2D eigenvalue weighted by molar-refractivity contribution is 9.10. The molecule has 0 saturated carbocycles. The van der Waals surface area contributed by atoms with Gasteiger partial charge in [-0.25, -0.2) is 18.6 Å². The number of hydrogen-bond acceptors (Lipinski definition) is 3. The molecular formula is C19H12BrF2N3O2. The predicted octanol–water partition coefficient (Wildman–Crippen LogP) is 4.75. The van der Waals surface area contributed by atoms with E-state index in [1.165, 1.54) is 0 Å². The number of carbonyl (C=O) groups excluding carboxylic acids is 2. The maximum Gasteiger partial charge on any atom is 0.327 e. The van der Waals surface area contributed by atoms with Gasteiger partial charge in [-0.3, -0.25) is 15.4 Å². The fourth-order valence-electron chi connectivity index (χ4n) is 2.31. The summed E-state index contributed by atoms with van der Waals surface area (Å²) in [6.07, 6.45) is 1.55. The Hall–Kier alpha value is -3.13. The number of imide groups is 1. The molecule has 0 atom stereocenters. The Morgan fingerprint density at radius 1 is 0.889 bits per heavy atom. The molecule has 3 rings (SSSR count). The SMILES string of the molecule is O=C(NC(=O)c1c(F)cccc1F)Nc1ccc(-c2ccc(Br)cc2)cn1. The Bertz CT molecular complexity index is 973. The van der Waals surface area contributed by atoms with E-state index in [0.717, 1.165) is 33.8 Å². The van der Waals surface area contributed by atoms with Crippen molar-refractivity contribution < 1.29 is 18.4 Å². The van der Waals surface area contributed by atoms with Crippen molar-refractivity contribution in [2.45, 2.75) is 0 Å². The van der Waals surface area contributed by atoms with E-state index >= 15 is 0 Å². The molecular weight excluding hydrogens is 420 g/mol. The first-order chi connectivity index (χ1) is 12.9. The summed E-state index contributed by atoms with van der Waals surface area (Å²) in [7, 11) is 0. The molecule has 8 heteroatoms. The Kier molecular flexibility index (Phi) is 5.56. The van der Waals surface area contributed by atoms with E-state index in [0.29, 0.717) is 0 Å². The molecule has 1 heterocycles. The molecule has 0 aliphatic heterocycles. The van der Waals surface area contributed by atoms with Crippen LogP contribution in [0.2, 0.25) is 0 Å². The largest absolute Gasteiger partial charge is 0.327 e. The highest BCUT2D eigenvalue weighted by Crippen LogP contribution is 2.22. The van der Waals surface area contributed by atoms with E-state index in [2.05, 4.69) is 26.2 Å². The van der Waals surface area contributed by atoms with Gasteiger partial charge in [-0.15, -0.1) is 0 Å². The van der Waals surface area contributed by atoms with Gasteiger partial charge in [0, 0.05) is 16.2 Å². The van der Waals surface area contributed by atoms with Crippen molar-refractivity contribution in [3.8, 4) is 11.1 Å². The number of hydrogen-bond donors (Lipinski definition) is 2. The first-order valence-electron chi connectivity index (χ1n) is 7.72. The predicted molar refractivity (Wildman–Crippen MR) is 100 cm³/mol. The lowest BCUT2D eigenvalue weighted by Crippen LogP contribution is -2.35. The van der Waals surface area contributed by atoms with Gasteiger partial charge in [0.25, 0.3) is 5.91 Å². The van der Waals surface area contributed by atoms with Crippen molar-refractivity contribution in [1.82, 2.24) is 10.3 Å². The number of rotatable bonds is 3. The van der Waals surface area contributed by atoms with Crippen LogP contribution in [-0.2, 0) is 0 Å². The number of carbonyl (C=O) groups is 2. The van der Waals surface area contributed by atoms with Crippen molar-refractivity contribution >= 4 is 33.7 Å². The first-order valence-corrected chi connectivity index (χ1v) is 8.51. The van der Waals surface area contributed by atoms with E-state index in [1.54, 1.807) is 18.3 Å². The lowest BCUT2D eigenvalue weighted by atomic mass is 10.1. The van der Waals surface area contributed by atoms with Crippen molar-refractivity contribution in [3.05, 3.63) is 82.5 Å². The van der Waals surface area contributed by atoms with Gasteiger partial charge in [-0.2, -0.15) is 0 Å². The molecule has 3 aromatic rings. The summed E-state index contributed by atoms with van der Waals surface area (Å²) >= 11 is 3.36. The molecule has 1 aromatic heterocycles. The van der Waals surface area contributed by atoms with Gasteiger partial charge >= 0.3 is 6.03 Å². The van der Waals surface area contributed by atoms with E-state index < -0.39 is 29.1 Å². The van der Waals surface area contributed by atoms with Gasteiger partial charge in [0.05, 0.1) is 0 Å². The van der Waals surface area contributed by atoms with Crippen LogP contribution in [0.1, 0.15) is 10.4 Å². The summed E-state index contributed by atoms with van der Waals surface area (Å²) in [5.74, 6) is -3.13. The molecule has 136 valence electrons. The van der Waals surface area contributed by atoms with Crippen molar-refractivity contribution in [3.63, 3.8) is 0 Å². The fourth-order valence-corrected chi connectivity index (χ4v) is 2.57. The number of pyridine rings is 1. The Labute approximate surface area is 161 Å². The second-order valence-electron chi connectivity index (χ2n) is 5.44. The normalized spacial score (nSPS) is 10.3. The number of nitrogens with zero attached hydrogens (tertiary/aromatic N) is 1. The standard InChI is InChI=1S/C19H12BrF2N3O2/c20-13-7-4-11(5-8-13)12-6-9-16(23-10-12)24-19(27)25-18(26)17-14(21)2-1-3-15(17)22/h1-10H,(H2,23,24,25,26,27). The van der Waals surface area contributed by atoms with Crippen LogP contribution in [0.5, 0.6) is 0 Å². The summed E-state index contributed by atoms with van der Waals surface area (Å²) in [5.41, 5.74) is 0.941. The van der Waals surface area contributed by atoms with E-state index in [9.17, 15) is 18.4 Å². The van der Waals surface area contributed by atoms with Gasteiger partial charge in [0.1, 0.15) is 23.0 Å². The second-order valence-corrected chi connectivity index (χ2v) is 6.36. The number of aromatic nitrogens is 1. The molecule has 3 amide bonds. The third-order valence-electron chi connectivity index (χ3n) is 3.60. The zero-order valence-corrected chi connectivity index (χ0v) is 15.3. The van der Waals surface area contributed by atoms with E-state index in [1.807, 2.05) is 29.6 Å². The average molecular weight is 432 g/mol. The number of nitrogens with one attached hydrogen (secondary N) is 2. The van der Waals surface area contributed by atoms with Crippen LogP contribution in [0, 0.1) is 11.6 Å². The summed E-state index contributed by atoms with van der Waals surface area (Å²) in [4.78, 5) is 27.8. The van der Waals surface area contributed by atoms with Crippen LogP contribution in [0.3, 0.4) is 0 Å². The zero-order valence-electron chi connectivity index (χ0n) is 13.7. The van der Waals surface area contributed by atoms with E-state index in [-0.39, 0.29) is 5.82 Å². The number of halogens is 3. The Balaban J connectivity index is 1.66. The molecule has 0 bridgehead atoms. The molecule has 0 spiro atoms. The molecule has 0 aliphatic rings. The lowest BCUT2D eigenvalue weighted by Gasteiger charge is -2.08. The van der Waals surface area contributed by atoms with Crippen LogP contribution in [0.15, 0.2) is 65.3 Å². The quantitative estimate of drug-likeness (QED) is 0.628. The number of amides is 3. The van der Waals surface area contributed by atoms with Crippen molar-refractivity contribution in [1.29, 1.82) is 0 Å². The molecule has 0 fully saturated rings. The smallest absolute Gasteiger partial charge is 0.292 e. The minimum Gasteiger partial charge on any atom is -0.292 e. The molecule has 0 radical (unpaired) electrons. The minimum atomic E-state index is -1.19. The van der Waals surface area contributed by atoms with Gasteiger partial charge in [-0.1, -0.05) is 34.1 Å². The average Bonchev–Trinajstić information content (AvgIpc) is 2.63. The molecule has 0 unspecified atom stereocenters. The number of benzene rings is 2. The third kappa shape index (κ3) is 4.53. The second kappa shape index (κ2) is 8.05. The maximum atomic E-state index is 13.6. The number of urea groups is 1. The van der Waals surface area contributed by atoms with E-state index in [4.69, 9.17) is 0 Å². The van der Waals surface area contributed by atoms with Crippen LogP contribution in [0.4, 0.5) is 19.4 Å². The highest BCUT2D eigenvalue weighted by atomic mass is 79.9. The summed E-state index contributed by atoms with van der Waals surface area (Å²) in [6.45, 7) is 0. The highest BCUT2D eigenvalue weighted by Gasteiger charge is 2.19. The Morgan fingerprint density at radius 2 is 1.52 bits per heavy atom. The van der Waals surface area contributed by atoms with Crippen LogP contribution >= 0.6 is 15.9 Å². The molecule has 2 N–H and O–H groups in total. The van der Waals surface area contributed by atoms with Crippen LogP contribution in [-0.4, -0.2) is 16.9 Å². The van der Waals surface area contributed by atoms with Crippen LogP contribution in [0.25, 0.3) is 11.1 Å².